The molecule has 16 heavy (non-hydrogen) atoms. The predicted octanol–water partition coefficient (Wildman–Crippen LogP) is 2.50. The Labute approximate surface area is 96.9 Å². The first-order valence-corrected chi connectivity index (χ1v) is 5.95. The Bertz CT molecular complexity index is 281. The zero-order valence-electron chi connectivity index (χ0n) is 10.1. The molecular weight excluding hydrogens is 204 g/mol. The summed E-state index contributed by atoms with van der Waals surface area (Å²) in [5.41, 5.74) is 0. The minimum Gasteiger partial charge on any atom is -0.466 e. The van der Waals surface area contributed by atoms with Gasteiger partial charge in [0.1, 0.15) is 5.78 Å². The lowest BCUT2D eigenvalue weighted by atomic mass is 9.90. The van der Waals surface area contributed by atoms with Crippen molar-refractivity contribution in [3.63, 3.8) is 0 Å². The van der Waals surface area contributed by atoms with Gasteiger partial charge < -0.3 is 4.74 Å². The van der Waals surface area contributed by atoms with E-state index >= 15 is 0 Å². The molecule has 0 N–H and O–H groups in total. The Hall–Kier alpha value is -1.12. The van der Waals surface area contributed by atoms with E-state index in [-0.39, 0.29) is 17.7 Å². The number of ether oxygens (including phenoxy) is 1. The lowest BCUT2D eigenvalue weighted by Crippen LogP contribution is -2.15. The Morgan fingerprint density at radius 1 is 1.44 bits per heavy atom. The van der Waals surface area contributed by atoms with E-state index in [1.807, 2.05) is 13.0 Å². The van der Waals surface area contributed by atoms with Gasteiger partial charge in [0.25, 0.3) is 0 Å². The zero-order valence-corrected chi connectivity index (χ0v) is 10.1. The molecule has 0 aromatic heterocycles. The van der Waals surface area contributed by atoms with Gasteiger partial charge in [0.2, 0.25) is 0 Å². The summed E-state index contributed by atoms with van der Waals surface area (Å²) in [4.78, 5) is 22.8. The van der Waals surface area contributed by atoms with Crippen molar-refractivity contribution in [2.75, 3.05) is 6.61 Å². The van der Waals surface area contributed by atoms with Crippen molar-refractivity contribution in [1.82, 2.24) is 0 Å². The quantitative estimate of drug-likeness (QED) is 0.532. The molecule has 0 aromatic rings. The van der Waals surface area contributed by atoms with Gasteiger partial charge in [-0.2, -0.15) is 0 Å². The Kier molecular flexibility index (Phi) is 5.23. The fourth-order valence-corrected chi connectivity index (χ4v) is 2.26. The van der Waals surface area contributed by atoms with Crippen LogP contribution in [0.4, 0.5) is 0 Å². The van der Waals surface area contributed by atoms with E-state index in [0.29, 0.717) is 31.8 Å². The first-order chi connectivity index (χ1) is 7.67. The maximum atomic E-state index is 11.4. The molecule has 1 saturated carbocycles. The number of esters is 1. The SMILES string of the molecule is CC=CCC1CC(=O)CC1CC(=O)OCC. The second kappa shape index (κ2) is 6.46. The van der Waals surface area contributed by atoms with Gasteiger partial charge in [-0.25, -0.2) is 0 Å². The lowest BCUT2D eigenvalue weighted by molar-refractivity contribution is -0.144. The Balaban J connectivity index is 2.48. The highest BCUT2D eigenvalue weighted by Gasteiger charge is 2.33. The minimum atomic E-state index is -0.173. The molecule has 2 unspecified atom stereocenters. The number of ketones is 1. The minimum absolute atomic E-state index is 0.173. The molecule has 0 saturated heterocycles. The van der Waals surface area contributed by atoms with Gasteiger partial charge in [0.15, 0.2) is 0 Å². The van der Waals surface area contributed by atoms with Crippen molar-refractivity contribution >= 4 is 11.8 Å². The summed E-state index contributed by atoms with van der Waals surface area (Å²) >= 11 is 0. The summed E-state index contributed by atoms with van der Waals surface area (Å²) < 4.78 is 4.92. The molecule has 0 aliphatic heterocycles. The van der Waals surface area contributed by atoms with Crippen LogP contribution in [-0.4, -0.2) is 18.4 Å². The van der Waals surface area contributed by atoms with Gasteiger partial charge in [0, 0.05) is 19.3 Å². The van der Waals surface area contributed by atoms with E-state index in [2.05, 4.69) is 6.08 Å². The number of rotatable bonds is 5. The molecule has 1 aliphatic rings. The third-order valence-corrected chi connectivity index (χ3v) is 3.06. The fourth-order valence-electron chi connectivity index (χ4n) is 2.26. The number of hydrogen-bond donors (Lipinski definition) is 0. The standard InChI is InChI=1S/C13H20O3/c1-3-5-6-10-7-12(14)8-11(10)9-13(15)16-4-2/h3,5,10-11H,4,6-9H2,1-2H3. The molecular formula is C13H20O3. The molecule has 0 spiro atoms. The maximum absolute atomic E-state index is 11.4. The van der Waals surface area contributed by atoms with Gasteiger partial charge in [0.05, 0.1) is 6.61 Å². The van der Waals surface area contributed by atoms with Gasteiger partial charge in [-0.05, 0) is 32.1 Å². The number of hydrogen-bond acceptors (Lipinski definition) is 3. The van der Waals surface area contributed by atoms with Crippen molar-refractivity contribution in [1.29, 1.82) is 0 Å². The van der Waals surface area contributed by atoms with E-state index in [1.165, 1.54) is 0 Å². The van der Waals surface area contributed by atoms with Crippen molar-refractivity contribution in [2.24, 2.45) is 11.8 Å². The summed E-state index contributed by atoms with van der Waals surface area (Å²) in [5, 5.41) is 0. The van der Waals surface area contributed by atoms with Gasteiger partial charge in [-0.15, -0.1) is 0 Å². The molecule has 1 aliphatic carbocycles. The van der Waals surface area contributed by atoms with E-state index in [1.54, 1.807) is 6.92 Å². The van der Waals surface area contributed by atoms with Crippen molar-refractivity contribution < 1.29 is 14.3 Å². The molecule has 1 rings (SSSR count). The molecule has 1 fully saturated rings. The average Bonchev–Trinajstić information content (AvgIpc) is 2.56. The molecule has 90 valence electrons. The third-order valence-electron chi connectivity index (χ3n) is 3.06. The molecule has 0 radical (unpaired) electrons. The highest BCUT2D eigenvalue weighted by atomic mass is 16.5. The van der Waals surface area contributed by atoms with Crippen LogP contribution in [0.15, 0.2) is 12.2 Å². The van der Waals surface area contributed by atoms with E-state index in [4.69, 9.17) is 4.74 Å². The average molecular weight is 224 g/mol. The lowest BCUT2D eigenvalue weighted by Gasteiger charge is -2.15. The zero-order chi connectivity index (χ0) is 12.0. The molecule has 3 heteroatoms. The molecule has 3 nitrogen and oxygen atoms in total. The van der Waals surface area contributed by atoms with Crippen LogP contribution < -0.4 is 0 Å². The van der Waals surface area contributed by atoms with Crippen LogP contribution in [0.3, 0.4) is 0 Å². The van der Waals surface area contributed by atoms with Crippen LogP contribution in [0.5, 0.6) is 0 Å². The fraction of sp³-hybridized carbons (Fsp3) is 0.692. The first-order valence-electron chi connectivity index (χ1n) is 5.95. The van der Waals surface area contributed by atoms with Gasteiger partial charge in [-0.3, -0.25) is 9.59 Å². The molecule has 0 amide bonds. The van der Waals surface area contributed by atoms with Crippen LogP contribution in [0.2, 0.25) is 0 Å². The second-order valence-corrected chi connectivity index (χ2v) is 4.28. The largest absolute Gasteiger partial charge is 0.466 e. The number of allylic oxidation sites excluding steroid dienone is 2. The van der Waals surface area contributed by atoms with Crippen LogP contribution in [0.1, 0.15) is 39.5 Å². The smallest absolute Gasteiger partial charge is 0.306 e. The summed E-state index contributed by atoms with van der Waals surface area (Å²) in [7, 11) is 0. The van der Waals surface area contributed by atoms with E-state index in [9.17, 15) is 9.59 Å². The van der Waals surface area contributed by atoms with Crippen LogP contribution in [0, 0.1) is 11.8 Å². The first kappa shape index (κ1) is 12.9. The second-order valence-electron chi connectivity index (χ2n) is 4.28. The maximum Gasteiger partial charge on any atom is 0.306 e. The van der Waals surface area contributed by atoms with E-state index < -0.39 is 0 Å². The van der Waals surface area contributed by atoms with Gasteiger partial charge >= 0.3 is 5.97 Å². The number of carbonyl (C=O) groups excluding carboxylic acids is 2. The summed E-state index contributed by atoms with van der Waals surface area (Å²) in [5.74, 6) is 0.618. The highest BCUT2D eigenvalue weighted by molar-refractivity contribution is 5.82. The summed E-state index contributed by atoms with van der Waals surface area (Å²) in [6.45, 7) is 4.19. The van der Waals surface area contributed by atoms with Crippen LogP contribution in [-0.2, 0) is 14.3 Å². The van der Waals surface area contributed by atoms with Crippen molar-refractivity contribution in [3.8, 4) is 0 Å². The number of Topliss-reactive ketones (excluding diaryl/α,β-unsaturated/α-hetero) is 1. The Morgan fingerprint density at radius 3 is 2.75 bits per heavy atom. The third kappa shape index (κ3) is 3.80. The molecule has 2 atom stereocenters. The topological polar surface area (TPSA) is 43.4 Å². The van der Waals surface area contributed by atoms with Gasteiger partial charge in [-0.1, -0.05) is 12.2 Å². The highest BCUT2D eigenvalue weighted by Crippen LogP contribution is 2.34. The summed E-state index contributed by atoms with van der Waals surface area (Å²) in [6, 6.07) is 0. The normalized spacial score (nSPS) is 25.2. The Morgan fingerprint density at radius 2 is 2.12 bits per heavy atom. The molecule has 0 heterocycles. The summed E-state index contributed by atoms with van der Waals surface area (Å²) in [6.07, 6.45) is 6.51. The van der Waals surface area contributed by atoms with Crippen LogP contribution in [0.25, 0.3) is 0 Å². The molecule has 0 aromatic carbocycles. The van der Waals surface area contributed by atoms with E-state index in [0.717, 1.165) is 6.42 Å². The predicted molar refractivity (Wildman–Crippen MR) is 61.9 cm³/mol. The van der Waals surface area contributed by atoms with Crippen molar-refractivity contribution in [2.45, 2.75) is 39.5 Å². The van der Waals surface area contributed by atoms with Crippen molar-refractivity contribution in [3.05, 3.63) is 12.2 Å². The molecule has 0 bridgehead atoms. The monoisotopic (exact) mass is 224 g/mol. The number of carbonyl (C=O) groups is 2. The van der Waals surface area contributed by atoms with Crippen LogP contribution >= 0.6 is 0 Å².